The van der Waals surface area contributed by atoms with Crippen molar-refractivity contribution < 1.29 is 43.3 Å². The maximum absolute atomic E-state index is 11.3. The molecule has 0 radical (unpaired) electrons. The SMILES string of the molecule is C=C(C(=O)OC(C)P(=O)(O)O)C(O)CCP(=O)(O)O. The molecular weight excluding hydrogens is 302 g/mol. The van der Waals surface area contributed by atoms with Gasteiger partial charge >= 0.3 is 21.2 Å². The van der Waals surface area contributed by atoms with Crippen molar-refractivity contribution in [2.24, 2.45) is 0 Å². The van der Waals surface area contributed by atoms with E-state index in [0.29, 0.717) is 0 Å². The number of carbonyl (C=O) groups is 1. The molecule has 9 nitrogen and oxygen atoms in total. The highest BCUT2D eigenvalue weighted by Gasteiger charge is 2.30. The van der Waals surface area contributed by atoms with Crippen LogP contribution in [0.15, 0.2) is 12.2 Å². The third kappa shape index (κ3) is 7.59. The van der Waals surface area contributed by atoms with Crippen LogP contribution in [0.25, 0.3) is 0 Å². The van der Waals surface area contributed by atoms with Crippen LogP contribution < -0.4 is 0 Å². The second kappa shape index (κ2) is 6.76. The Balaban J connectivity index is 4.46. The summed E-state index contributed by atoms with van der Waals surface area (Å²) in [5.74, 6) is -2.94. The number of aliphatic hydroxyl groups excluding tert-OH is 1. The zero-order chi connectivity index (χ0) is 15.4. The van der Waals surface area contributed by atoms with E-state index in [1.54, 1.807) is 0 Å². The molecule has 0 spiro atoms. The van der Waals surface area contributed by atoms with Crippen LogP contribution in [0.5, 0.6) is 0 Å². The van der Waals surface area contributed by atoms with Gasteiger partial charge in [0.15, 0.2) is 5.85 Å². The normalized spacial score (nSPS) is 15.7. The van der Waals surface area contributed by atoms with Gasteiger partial charge in [-0.2, -0.15) is 0 Å². The fourth-order valence-corrected chi connectivity index (χ4v) is 1.71. The van der Waals surface area contributed by atoms with E-state index in [1.165, 1.54) is 0 Å². The highest BCUT2D eigenvalue weighted by molar-refractivity contribution is 7.52. The summed E-state index contributed by atoms with van der Waals surface area (Å²) < 4.78 is 25.7. The topological polar surface area (TPSA) is 162 Å². The summed E-state index contributed by atoms with van der Waals surface area (Å²) in [6.45, 7) is 4.13. The van der Waals surface area contributed by atoms with Crippen LogP contribution in [0.3, 0.4) is 0 Å². The average molecular weight is 318 g/mol. The molecule has 0 aliphatic heterocycles. The molecule has 0 aromatic heterocycles. The van der Waals surface area contributed by atoms with Gasteiger partial charge in [-0.1, -0.05) is 6.58 Å². The van der Waals surface area contributed by atoms with Crippen LogP contribution in [-0.4, -0.2) is 48.8 Å². The lowest BCUT2D eigenvalue weighted by molar-refractivity contribution is -0.142. The van der Waals surface area contributed by atoms with Crippen LogP contribution in [0.2, 0.25) is 0 Å². The van der Waals surface area contributed by atoms with Crippen molar-refractivity contribution in [3.63, 3.8) is 0 Å². The van der Waals surface area contributed by atoms with Gasteiger partial charge in [0, 0.05) is 0 Å². The first-order chi connectivity index (χ1) is 8.34. The number of carbonyl (C=O) groups excluding carboxylic acids is 1. The molecule has 112 valence electrons. The zero-order valence-electron chi connectivity index (χ0n) is 10.0. The molecule has 0 bridgehead atoms. The minimum atomic E-state index is -4.61. The van der Waals surface area contributed by atoms with Gasteiger partial charge in [0.05, 0.1) is 17.8 Å². The van der Waals surface area contributed by atoms with Gasteiger partial charge in [-0.15, -0.1) is 0 Å². The molecule has 0 aliphatic carbocycles. The number of aliphatic hydroxyl groups is 1. The Morgan fingerprint density at radius 2 is 1.74 bits per heavy atom. The van der Waals surface area contributed by atoms with Crippen molar-refractivity contribution in [1.82, 2.24) is 0 Å². The molecule has 2 unspecified atom stereocenters. The van der Waals surface area contributed by atoms with E-state index in [-0.39, 0.29) is 0 Å². The average Bonchev–Trinajstić information content (AvgIpc) is 2.22. The number of esters is 1. The summed E-state index contributed by atoms with van der Waals surface area (Å²) in [6.07, 6.45) is -2.65. The van der Waals surface area contributed by atoms with Crippen molar-refractivity contribution in [2.45, 2.75) is 25.3 Å². The van der Waals surface area contributed by atoms with E-state index < -0.39 is 51.3 Å². The van der Waals surface area contributed by atoms with Crippen molar-refractivity contribution in [2.75, 3.05) is 6.16 Å². The van der Waals surface area contributed by atoms with E-state index in [1.807, 2.05) is 0 Å². The first kappa shape index (κ1) is 18.5. The van der Waals surface area contributed by atoms with Crippen LogP contribution in [0.1, 0.15) is 13.3 Å². The minimum Gasteiger partial charge on any atom is -0.446 e. The molecule has 0 aromatic rings. The minimum absolute atomic E-state index is 0.428. The van der Waals surface area contributed by atoms with Gasteiger partial charge in [-0.05, 0) is 13.3 Å². The van der Waals surface area contributed by atoms with Crippen molar-refractivity contribution in [3.05, 3.63) is 12.2 Å². The third-order valence-electron chi connectivity index (χ3n) is 2.11. The Kier molecular flexibility index (Phi) is 6.57. The van der Waals surface area contributed by atoms with Gasteiger partial charge < -0.3 is 29.4 Å². The second-order valence-corrected chi connectivity index (χ2v) is 7.49. The molecular formula is C8H16O9P2. The molecule has 0 aliphatic rings. The number of ether oxygens (including phenoxy) is 1. The molecule has 0 saturated carbocycles. The number of hydrogen-bond donors (Lipinski definition) is 5. The number of hydrogen-bond acceptors (Lipinski definition) is 5. The van der Waals surface area contributed by atoms with Gasteiger partial charge in [-0.25, -0.2) is 4.79 Å². The predicted octanol–water partition coefficient (Wildman–Crippen LogP) is -0.462. The highest BCUT2D eigenvalue weighted by Crippen LogP contribution is 2.41. The summed E-state index contributed by atoms with van der Waals surface area (Å²) in [6, 6.07) is 0. The molecule has 0 heterocycles. The molecule has 19 heavy (non-hydrogen) atoms. The van der Waals surface area contributed by atoms with E-state index in [4.69, 9.17) is 19.6 Å². The lowest BCUT2D eigenvalue weighted by atomic mass is 10.1. The highest BCUT2D eigenvalue weighted by atomic mass is 31.2. The summed E-state index contributed by atoms with van der Waals surface area (Å²) in [5.41, 5.74) is -0.534. The Morgan fingerprint density at radius 3 is 2.11 bits per heavy atom. The third-order valence-corrected chi connectivity index (χ3v) is 4.00. The Hall–Kier alpha value is -0.530. The van der Waals surface area contributed by atoms with Crippen molar-refractivity contribution in [3.8, 4) is 0 Å². The summed E-state index contributed by atoms with van der Waals surface area (Å²) in [4.78, 5) is 45.9. The Labute approximate surface area is 109 Å². The summed E-state index contributed by atoms with van der Waals surface area (Å²) in [7, 11) is -8.93. The Morgan fingerprint density at radius 1 is 1.26 bits per heavy atom. The van der Waals surface area contributed by atoms with Crippen molar-refractivity contribution in [1.29, 1.82) is 0 Å². The maximum Gasteiger partial charge on any atom is 0.365 e. The lowest BCUT2D eigenvalue weighted by Crippen LogP contribution is -2.23. The van der Waals surface area contributed by atoms with E-state index in [0.717, 1.165) is 6.92 Å². The smallest absolute Gasteiger partial charge is 0.365 e. The van der Waals surface area contributed by atoms with Gasteiger partial charge in [0.2, 0.25) is 0 Å². The predicted molar refractivity (Wildman–Crippen MR) is 64.3 cm³/mol. The molecule has 0 fully saturated rings. The maximum atomic E-state index is 11.3. The largest absolute Gasteiger partial charge is 0.446 e. The van der Waals surface area contributed by atoms with Crippen molar-refractivity contribution >= 4 is 21.2 Å². The molecule has 5 N–H and O–H groups in total. The van der Waals surface area contributed by atoms with E-state index in [9.17, 15) is 19.0 Å². The molecule has 11 heteroatoms. The standard InChI is InChI=1S/C8H16O9P2/c1-5(7(9)3-4-18(11,12)13)8(10)17-6(2)19(14,15)16/h6-7,9H,1,3-4H2,2H3,(H2,11,12,13)(H2,14,15,16). The van der Waals surface area contributed by atoms with Crippen LogP contribution in [0, 0.1) is 0 Å². The first-order valence-corrected chi connectivity index (χ1v) is 8.50. The van der Waals surface area contributed by atoms with E-state index in [2.05, 4.69) is 11.3 Å². The van der Waals surface area contributed by atoms with Gasteiger partial charge in [0.1, 0.15) is 0 Å². The second-order valence-electron chi connectivity index (χ2n) is 3.81. The fourth-order valence-electron chi connectivity index (χ4n) is 0.900. The Bertz CT molecular complexity index is 434. The van der Waals surface area contributed by atoms with Crippen LogP contribution >= 0.6 is 15.2 Å². The van der Waals surface area contributed by atoms with Crippen LogP contribution in [-0.2, 0) is 18.7 Å². The fraction of sp³-hybridized carbons (Fsp3) is 0.625. The molecule has 0 rings (SSSR count). The molecule has 0 amide bonds. The van der Waals surface area contributed by atoms with Gasteiger partial charge in [-0.3, -0.25) is 9.13 Å². The lowest BCUT2D eigenvalue weighted by Gasteiger charge is -2.17. The molecule has 2 atom stereocenters. The van der Waals surface area contributed by atoms with E-state index >= 15 is 0 Å². The monoisotopic (exact) mass is 318 g/mol. The molecule has 0 aromatic carbocycles. The first-order valence-electron chi connectivity index (χ1n) is 5.02. The summed E-state index contributed by atoms with van der Waals surface area (Å²) >= 11 is 0. The quantitative estimate of drug-likeness (QED) is 0.237. The molecule has 0 saturated heterocycles. The zero-order valence-corrected chi connectivity index (χ0v) is 11.8. The van der Waals surface area contributed by atoms with Crippen LogP contribution in [0.4, 0.5) is 0 Å². The summed E-state index contributed by atoms with van der Waals surface area (Å²) in [5, 5.41) is 9.43. The van der Waals surface area contributed by atoms with Gasteiger partial charge in [0.25, 0.3) is 0 Å². The number of rotatable bonds is 7.